The van der Waals surface area contributed by atoms with E-state index < -0.39 is 0 Å². The number of carbonyl (C=O) groups is 1. The number of carbonyl (C=O) groups excluding carboxylic acids is 1. The largest absolute Gasteiger partial charge is 0.378 e. The summed E-state index contributed by atoms with van der Waals surface area (Å²) in [4.78, 5) is 18.2. The van der Waals surface area contributed by atoms with E-state index in [-0.39, 0.29) is 5.91 Å². The molecule has 0 atom stereocenters. The number of hydrogen-bond donors (Lipinski definition) is 1. The van der Waals surface area contributed by atoms with E-state index in [4.69, 9.17) is 4.74 Å². The summed E-state index contributed by atoms with van der Waals surface area (Å²) >= 11 is 0. The van der Waals surface area contributed by atoms with Gasteiger partial charge in [0.2, 0.25) is 0 Å². The second-order valence-electron chi connectivity index (χ2n) is 6.63. The Balaban J connectivity index is 1.52. The lowest BCUT2D eigenvalue weighted by atomic mass is 10.1. The van der Waals surface area contributed by atoms with Crippen molar-refractivity contribution in [2.45, 2.75) is 13.8 Å². The van der Waals surface area contributed by atoms with Crippen LogP contribution in [0.2, 0.25) is 0 Å². The van der Waals surface area contributed by atoms with Gasteiger partial charge in [-0.15, -0.1) is 0 Å². The number of benzene rings is 1. The van der Waals surface area contributed by atoms with Gasteiger partial charge in [0.05, 0.1) is 39.4 Å². The first kappa shape index (κ1) is 16.3. The minimum Gasteiger partial charge on any atom is -0.378 e. The van der Waals surface area contributed by atoms with Crippen molar-refractivity contribution in [2.24, 2.45) is 0 Å². The molecule has 5 heteroatoms. The SMILES string of the molecule is Cc1cccc(N2CC[NH+](CC(=O)N3CCOCC3)CC2)c1C. The molecular weight excluding hydrogens is 290 g/mol. The van der Waals surface area contributed by atoms with Crippen molar-refractivity contribution in [1.29, 1.82) is 0 Å². The van der Waals surface area contributed by atoms with Gasteiger partial charge in [0.1, 0.15) is 0 Å². The standard InChI is InChI=1S/C18H27N3O2/c1-15-4-3-5-17(16(15)2)20-8-6-19(7-9-20)14-18(22)21-10-12-23-13-11-21/h3-5H,6-14H2,1-2H3/p+1. The van der Waals surface area contributed by atoms with Crippen LogP contribution in [0.25, 0.3) is 0 Å². The predicted octanol–water partition coefficient (Wildman–Crippen LogP) is -0.133. The van der Waals surface area contributed by atoms with Crippen molar-refractivity contribution in [3.63, 3.8) is 0 Å². The number of rotatable bonds is 3. The summed E-state index contributed by atoms with van der Waals surface area (Å²) in [6, 6.07) is 6.52. The van der Waals surface area contributed by atoms with Crippen LogP contribution in [0.4, 0.5) is 5.69 Å². The minimum absolute atomic E-state index is 0.281. The Labute approximate surface area is 138 Å². The van der Waals surface area contributed by atoms with Crippen LogP contribution < -0.4 is 9.80 Å². The number of quaternary nitrogens is 1. The second-order valence-corrected chi connectivity index (χ2v) is 6.63. The van der Waals surface area contributed by atoms with Gasteiger partial charge in [-0.1, -0.05) is 12.1 Å². The molecule has 0 spiro atoms. The summed E-state index contributed by atoms with van der Waals surface area (Å²) in [6.45, 7) is 12.0. The lowest BCUT2D eigenvalue weighted by molar-refractivity contribution is -0.892. The molecule has 0 saturated carbocycles. The number of piperazine rings is 1. The van der Waals surface area contributed by atoms with Crippen LogP contribution in [-0.2, 0) is 9.53 Å². The molecule has 3 rings (SSSR count). The molecule has 0 bridgehead atoms. The number of amides is 1. The first-order chi connectivity index (χ1) is 11.1. The monoisotopic (exact) mass is 318 g/mol. The molecule has 0 unspecified atom stereocenters. The third-order valence-electron chi connectivity index (χ3n) is 5.15. The van der Waals surface area contributed by atoms with Crippen molar-refractivity contribution >= 4 is 11.6 Å². The Morgan fingerprint density at radius 3 is 2.52 bits per heavy atom. The molecule has 0 radical (unpaired) electrons. The van der Waals surface area contributed by atoms with Crippen molar-refractivity contribution < 1.29 is 14.4 Å². The Kier molecular flexibility index (Phi) is 5.18. The van der Waals surface area contributed by atoms with Crippen molar-refractivity contribution in [3.05, 3.63) is 29.3 Å². The van der Waals surface area contributed by atoms with Crippen LogP contribution in [0.15, 0.2) is 18.2 Å². The normalized spacial score (nSPS) is 19.9. The zero-order chi connectivity index (χ0) is 16.2. The van der Waals surface area contributed by atoms with Gasteiger partial charge in [-0.2, -0.15) is 0 Å². The highest BCUT2D eigenvalue weighted by atomic mass is 16.5. The third-order valence-corrected chi connectivity index (χ3v) is 5.15. The molecule has 1 amide bonds. The fourth-order valence-electron chi connectivity index (χ4n) is 3.46. The first-order valence-electron chi connectivity index (χ1n) is 8.65. The quantitative estimate of drug-likeness (QED) is 0.843. The first-order valence-corrected chi connectivity index (χ1v) is 8.65. The van der Waals surface area contributed by atoms with Crippen LogP contribution in [0.1, 0.15) is 11.1 Å². The summed E-state index contributed by atoms with van der Waals surface area (Å²) in [5.41, 5.74) is 4.07. The van der Waals surface area contributed by atoms with Gasteiger partial charge < -0.3 is 19.4 Å². The Morgan fingerprint density at radius 2 is 1.83 bits per heavy atom. The van der Waals surface area contributed by atoms with Gasteiger partial charge in [0, 0.05) is 18.8 Å². The fraction of sp³-hybridized carbons (Fsp3) is 0.611. The molecule has 2 aliphatic heterocycles. The summed E-state index contributed by atoms with van der Waals surface area (Å²) in [5, 5.41) is 0. The van der Waals surface area contributed by atoms with Crippen LogP contribution in [-0.4, -0.2) is 69.8 Å². The highest BCUT2D eigenvalue weighted by Gasteiger charge is 2.26. The average Bonchev–Trinajstić information content (AvgIpc) is 2.59. The molecule has 2 fully saturated rings. The maximum absolute atomic E-state index is 12.4. The zero-order valence-electron chi connectivity index (χ0n) is 14.3. The number of aryl methyl sites for hydroxylation is 1. The number of morpholine rings is 1. The van der Waals surface area contributed by atoms with E-state index in [2.05, 4.69) is 36.9 Å². The molecule has 0 aliphatic carbocycles. The van der Waals surface area contributed by atoms with E-state index in [0.717, 1.165) is 39.3 Å². The van der Waals surface area contributed by atoms with E-state index in [1.165, 1.54) is 21.7 Å². The number of ether oxygens (including phenoxy) is 1. The van der Waals surface area contributed by atoms with Crippen molar-refractivity contribution in [3.8, 4) is 0 Å². The Hall–Kier alpha value is -1.59. The topological polar surface area (TPSA) is 37.2 Å². The van der Waals surface area contributed by atoms with E-state index in [0.29, 0.717) is 19.8 Å². The molecule has 23 heavy (non-hydrogen) atoms. The lowest BCUT2D eigenvalue weighted by Crippen LogP contribution is -3.16. The Morgan fingerprint density at radius 1 is 1.13 bits per heavy atom. The summed E-state index contributed by atoms with van der Waals surface area (Å²) < 4.78 is 5.32. The Bertz CT molecular complexity index is 547. The number of hydrogen-bond acceptors (Lipinski definition) is 3. The van der Waals surface area contributed by atoms with Crippen molar-refractivity contribution in [1.82, 2.24) is 4.90 Å². The van der Waals surface area contributed by atoms with Gasteiger partial charge in [0.25, 0.3) is 5.91 Å². The number of anilines is 1. The summed E-state index contributed by atoms with van der Waals surface area (Å²) in [7, 11) is 0. The molecular formula is C18H28N3O2+. The summed E-state index contributed by atoms with van der Waals surface area (Å²) in [6.07, 6.45) is 0. The molecule has 5 nitrogen and oxygen atoms in total. The fourth-order valence-corrected chi connectivity index (χ4v) is 3.46. The van der Waals surface area contributed by atoms with Crippen LogP contribution >= 0.6 is 0 Å². The van der Waals surface area contributed by atoms with E-state index in [1.54, 1.807) is 0 Å². The molecule has 2 aliphatic rings. The molecule has 1 aromatic carbocycles. The predicted molar refractivity (Wildman–Crippen MR) is 91.1 cm³/mol. The highest BCUT2D eigenvalue weighted by molar-refractivity contribution is 5.77. The lowest BCUT2D eigenvalue weighted by Gasteiger charge is -2.35. The summed E-state index contributed by atoms with van der Waals surface area (Å²) in [5.74, 6) is 0.281. The van der Waals surface area contributed by atoms with Crippen LogP contribution in [0, 0.1) is 13.8 Å². The van der Waals surface area contributed by atoms with E-state index in [1.807, 2.05) is 4.90 Å². The van der Waals surface area contributed by atoms with Gasteiger partial charge in [-0.05, 0) is 31.0 Å². The van der Waals surface area contributed by atoms with Crippen LogP contribution in [0.3, 0.4) is 0 Å². The smallest absolute Gasteiger partial charge is 0.277 e. The number of nitrogens with one attached hydrogen (secondary N) is 1. The van der Waals surface area contributed by atoms with Crippen molar-refractivity contribution in [2.75, 3.05) is 63.9 Å². The molecule has 1 aromatic rings. The molecule has 0 aromatic heterocycles. The van der Waals surface area contributed by atoms with Crippen LogP contribution in [0.5, 0.6) is 0 Å². The zero-order valence-corrected chi connectivity index (χ0v) is 14.3. The molecule has 2 heterocycles. The highest BCUT2D eigenvalue weighted by Crippen LogP contribution is 2.22. The van der Waals surface area contributed by atoms with E-state index >= 15 is 0 Å². The second kappa shape index (κ2) is 7.32. The maximum Gasteiger partial charge on any atom is 0.277 e. The van der Waals surface area contributed by atoms with E-state index in [9.17, 15) is 4.79 Å². The van der Waals surface area contributed by atoms with Gasteiger partial charge >= 0.3 is 0 Å². The average molecular weight is 318 g/mol. The minimum atomic E-state index is 0.281. The number of nitrogens with zero attached hydrogens (tertiary/aromatic N) is 2. The molecule has 1 N–H and O–H groups in total. The third kappa shape index (κ3) is 3.85. The maximum atomic E-state index is 12.4. The van der Waals surface area contributed by atoms with Gasteiger partial charge in [-0.3, -0.25) is 4.79 Å². The molecule has 126 valence electrons. The molecule has 2 saturated heterocycles. The van der Waals surface area contributed by atoms with Gasteiger partial charge in [-0.25, -0.2) is 0 Å². The van der Waals surface area contributed by atoms with Gasteiger partial charge in [0.15, 0.2) is 6.54 Å².